The van der Waals surface area contributed by atoms with Gasteiger partial charge in [0.25, 0.3) is 11.5 Å². The minimum Gasteiger partial charge on any atom is -0.497 e. The summed E-state index contributed by atoms with van der Waals surface area (Å²) in [5, 5.41) is 11.7. The molecule has 2 aromatic rings. The number of aromatic nitrogens is 1. The van der Waals surface area contributed by atoms with E-state index in [1.165, 1.54) is 30.0 Å². The standard InChI is InChI=1S/C17H18N2O5/c1-19-8-7-12(9-15(19)20)17(23)18-14(10-16(21)22)11-3-5-13(24-2)6-4-11/h3-9,14H,10H2,1-2H3,(H,18,23)(H,21,22)/t14-/m0/s1. The van der Waals surface area contributed by atoms with Crippen molar-refractivity contribution in [3.63, 3.8) is 0 Å². The number of hydrogen-bond donors (Lipinski definition) is 2. The molecule has 0 radical (unpaired) electrons. The lowest BCUT2D eigenvalue weighted by Crippen LogP contribution is -2.31. The van der Waals surface area contributed by atoms with Gasteiger partial charge >= 0.3 is 5.97 Å². The van der Waals surface area contributed by atoms with Gasteiger partial charge in [-0.3, -0.25) is 14.4 Å². The zero-order chi connectivity index (χ0) is 17.7. The van der Waals surface area contributed by atoms with Crippen LogP contribution < -0.4 is 15.6 Å². The molecule has 0 spiro atoms. The number of nitrogens with zero attached hydrogens (tertiary/aromatic N) is 1. The molecule has 7 nitrogen and oxygen atoms in total. The minimum atomic E-state index is -1.04. The number of aryl methyl sites for hydroxylation is 1. The van der Waals surface area contributed by atoms with Gasteiger partial charge in [-0.1, -0.05) is 12.1 Å². The fourth-order valence-corrected chi connectivity index (χ4v) is 2.19. The molecule has 1 heterocycles. The van der Waals surface area contributed by atoms with Crippen LogP contribution in [0.5, 0.6) is 5.75 Å². The van der Waals surface area contributed by atoms with Gasteiger partial charge in [-0.2, -0.15) is 0 Å². The van der Waals surface area contributed by atoms with Crippen LogP contribution in [0, 0.1) is 0 Å². The average molecular weight is 330 g/mol. The first kappa shape index (κ1) is 17.3. The first-order valence-electron chi connectivity index (χ1n) is 7.24. The highest BCUT2D eigenvalue weighted by molar-refractivity contribution is 5.94. The highest BCUT2D eigenvalue weighted by Crippen LogP contribution is 2.21. The van der Waals surface area contributed by atoms with Crippen LogP contribution in [-0.2, 0) is 11.8 Å². The summed E-state index contributed by atoms with van der Waals surface area (Å²) in [5.74, 6) is -0.916. The number of benzene rings is 1. The molecule has 7 heteroatoms. The molecule has 0 unspecified atom stereocenters. The van der Waals surface area contributed by atoms with E-state index in [-0.39, 0.29) is 17.5 Å². The molecule has 0 saturated carbocycles. The van der Waals surface area contributed by atoms with Crippen molar-refractivity contribution in [2.24, 2.45) is 7.05 Å². The maximum Gasteiger partial charge on any atom is 0.305 e. The predicted octanol–water partition coefficient (Wildman–Crippen LogP) is 1.34. The van der Waals surface area contributed by atoms with Crippen molar-refractivity contribution in [2.75, 3.05) is 7.11 Å². The van der Waals surface area contributed by atoms with Gasteiger partial charge in [-0.05, 0) is 23.8 Å². The van der Waals surface area contributed by atoms with Crippen LogP contribution in [0.4, 0.5) is 0 Å². The number of hydrogen-bond acceptors (Lipinski definition) is 4. The van der Waals surface area contributed by atoms with Crippen molar-refractivity contribution in [1.82, 2.24) is 9.88 Å². The van der Waals surface area contributed by atoms with Gasteiger partial charge in [0, 0.05) is 24.9 Å². The number of aliphatic carboxylic acids is 1. The van der Waals surface area contributed by atoms with Crippen LogP contribution in [0.2, 0.25) is 0 Å². The molecule has 126 valence electrons. The van der Waals surface area contributed by atoms with E-state index in [1.54, 1.807) is 31.3 Å². The lowest BCUT2D eigenvalue weighted by Gasteiger charge is -2.18. The molecule has 1 aromatic carbocycles. The Morgan fingerprint density at radius 2 is 1.92 bits per heavy atom. The number of carbonyl (C=O) groups is 2. The molecule has 2 N–H and O–H groups in total. The Kier molecular flexibility index (Phi) is 5.36. The summed E-state index contributed by atoms with van der Waals surface area (Å²) in [7, 11) is 3.11. The maximum atomic E-state index is 12.3. The lowest BCUT2D eigenvalue weighted by atomic mass is 10.0. The van der Waals surface area contributed by atoms with Crippen LogP contribution in [0.25, 0.3) is 0 Å². The molecule has 2 rings (SSSR count). The molecule has 1 atom stereocenters. The predicted molar refractivity (Wildman–Crippen MR) is 87.1 cm³/mol. The third-order valence-corrected chi connectivity index (χ3v) is 3.57. The second kappa shape index (κ2) is 7.45. The number of pyridine rings is 1. The third-order valence-electron chi connectivity index (χ3n) is 3.57. The summed E-state index contributed by atoms with van der Waals surface area (Å²) in [6, 6.07) is 8.76. The quantitative estimate of drug-likeness (QED) is 0.833. The number of carboxylic acids is 1. The topological polar surface area (TPSA) is 97.6 Å². The molecule has 0 saturated heterocycles. The largest absolute Gasteiger partial charge is 0.497 e. The monoisotopic (exact) mass is 330 g/mol. The third kappa shape index (κ3) is 4.22. The van der Waals surface area contributed by atoms with E-state index in [9.17, 15) is 14.4 Å². The van der Waals surface area contributed by atoms with E-state index in [0.717, 1.165) is 0 Å². The Labute approximate surface area is 138 Å². The van der Waals surface area contributed by atoms with E-state index >= 15 is 0 Å². The van der Waals surface area contributed by atoms with Crippen LogP contribution in [0.15, 0.2) is 47.4 Å². The summed E-state index contributed by atoms with van der Waals surface area (Å²) in [5.41, 5.74) is 0.499. The fourth-order valence-electron chi connectivity index (χ4n) is 2.19. The summed E-state index contributed by atoms with van der Waals surface area (Å²) < 4.78 is 6.41. The average Bonchev–Trinajstić information content (AvgIpc) is 2.56. The molecule has 1 amide bonds. The molecule has 1 aromatic heterocycles. The van der Waals surface area contributed by atoms with Crippen LogP contribution in [0.1, 0.15) is 28.4 Å². The van der Waals surface area contributed by atoms with Crippen molar-refractivity contribution >= 4 is 11.9 Å². The normalized spacial score (nSPS) is 11.6. The summed E-state index contributed by atoms with van der Waals surface area (Å²) in [4.78, 5) is 35.0. The second-order valence-electron chi connectivity index (χ2n) is 5.26. The Morgan fingerprint density at radius 1 is 1.25 bits per heavy atom. The van der Waals surface area contributed by atoms with Gasteiger partial charge in [-0.25, -0.2) is 0 Å². The molecule has 0 aliphatic heterocycles. The Hall–Kier alpha value is -3.09. The lowest BCUT2D eigenvalue weighted by molar-refractivity contribution is -0.137. The molecular weight excluding hydrogens is 312 g/mol. The Morgan fingerprint density at radius 3 is 2.46 bits per heavy atom. The zero-order valence-corrected chi connectivity index (χ0v) is 13.4. The summed E-state index contributed by atoms with van der Waals surface area (Å²) in [6.07, 6.45) is 1.21. The van der Waals surface area contributed by atoms with Gasteiger partial charge in [0.05, 0.1) is 19.6 Å². The minimum absolute atomic E-state index is 0.182. The molecule has 0 aliphatic rings. The molecule has 0 bridgehead atoms. The van der Waals surface area contributed by atoms with Crippen molar-refractivity contribution in [3.8, 4) is 5.75 Å². The highest BCUT2D eigenvalue weighted by Gasteiger charge is 2.19. The number of rotatable bonds is 6. The molecule has 24 heavy (non-hydrogen) atoms. The van der Waals surface area contributed by atoms with E-state index in [2.05, 4.69) is 5.32 Å². The highest BCUT2D eigenvalue weighted by atomic mass is 16.5. The second-order valence-corrected chi connectivity index (χ2v) is 5.26. The smallest absolute Gasteiger partial charge is 0.305 e. The van der Waals surface area contributed by atoms with Crippen molar-refractivity contribution < 1.29 is 19.4 Å². The van der Waals surface area contributed by atoms with E-state index in [0.29, 0.717) is 11.3 Å². The number of nitrogens with one attached hydrogen (secondary N) is 1. The molecule has 0 aliphatic carbocycles. The number of carbonyl (C=O) groups excluding carboxylic acids is 1. The van der Waals surface area contributed by atoms with E-state index in [4.69, 9.17) is 9.84 Å². The van der Waals surface area contributed by atoms with E-state index < -0.39 is 17.9 Å². The maximum absolute atomic E-state index is 12.3. The number of carboxylic acid groups (broad SMARTS) is 1. The SMILES string of the molecule is COc1ccc([C@H](CC(=O)O)NC(=O)c2ccn(C)c(=O)c2)cc1. The van der Waals surface area contributed by atoms with Crippen molar-refractivity contribution in [2.45, 2.75) is 12.5 Å². The number of ether oxygens (including phenoxy) is 1. The van der Waals surface area contributed by atoms with Gasteiger partial charge < -0.3 is 19.7 Å². The zero-order valence-electron chi connectivity index (χ0n) is 13.4. The van der Waals surface area contributed by atoms with E-state index in [1.807, 2.05) is 0 Å². The summed E-state index contributed by atoms with van der Waals surface area (Å²) in [6.45, 7) is 0. The van der Waals surface area contributed by atoms with Crippen LogP contribution in [-0.4, -0.2) is 28.7 Å². The fraction of sp³-hybridized carbons (Fsp3) is 0.235. The van der Waals surface area contributed by atoms with Gasteiger partial charge in [0.1, 0.15) is 5.75 Å². The van der Waals surface area contributed by atoms with Crippen LogP contribution in [0.3, 0.4) is 0 Å². The Bertz CT molecular complexity index is 795. The Balaban J connectivity index is 2.23. The summed E-state index contributed by atoms with van der Waals surface area (Å²) >= 11 is 0. The van der Waals surface area contributed by atoms with Crippen LogP contribution >= 0.6 is 0 Å². The number of methoxy groups -OCH3 is 1. The van der Waals surface area contributed by atoms with Gasteiger partial charge in [0.15, 0.2) is 0 Å². The molecular formula is C17H18N2O5. The first-order valence-corrected chi connectivity index (χ1v) is 7.24. The van der Waals surface area contributed by atoms with Gasteiger partial charge in [-0.15, -0.1) is 0 Å². The number of amides is 1. The molecule has 0 fully saturated rings. The van der Waals surface area contributed by atoms with Crippen molar-refractivity contribution in [1.29, 1.82) is 0 Å². The van der Waals surface area contributed by atoms with Crippen molar-refractivity contribution in [3.05, 3.63) is 64.1 Å². The first-order chi connectivity index (χ1) is 11.4. The van der Waals surface area contributed by atoms with Gasteiger partial charge in [0.2, 0.25) is 0 Å².